The Balaban J connectivity index is 2.14. The lowest BCUT2D eigenvalue weighted by atomic mass is 9.81. The minimum atomic E-state index is -0.864. The molecule has 5 atom stereocenters. The number of aliphatic hydroxyl groups is 3. The second kappa shape index (κ2) is 4.52. The lowest BCUT2D eigenvalue weighted by Crippen LogP contribution is -2.51. The number of amidine groups is 1. The Morgan fingerprint density at radius 2 is 2.06 bits per heavy atom. The number of thioether (sulfide) groups is 1. The predicted octanol–water partition coefficient (Wildman–Crippen LogP) is -0.878. The van der Waals surface area contributed by atoms with Crippen molar-refractivity contribution in [1.29, 1.82) is 0 Å². The summed E-state index contributed by atoms with van der Waals surface area (Å²) in [5, 5.41) is 30.0. The van der Waals surface area contributed by atoms with Gasteiger partial charge in [0.15, 0.2) is 5.17 Å². The van der Waals surface area contributed by atoms with E-state index in [-0.39, 0.29) is 23.8 Å². The molecule has 1 aliphatic carbocycles. The minimum absolute atomic E-state index is 0.0840. The monoisotopic (exact) mass is 246 g/mol. The standard InChI is InChI=1S/C10H18N2O3S/c1-12(2)10-11-7-6(16-10)3-5(4-13)8(14)9(7)15/h5-9,13-15H,3-4H2,1-2H3/t5-,6+,7+,8-,9-/m0/s1. The van der Waals surface area contributed by atoms with Gasteiger partial charge in [0.1, 0.15) is 6.10 Å². The smallest absolute Gasteiger partial charge is 0.159 e. The number of aliphatic hydroxyl groups excluding tert-OH is 3. The van der Waals surface area contributed by atoms with E-state index in [4.69, 9.17) is 5.11 Å². The predicted molar refractivity (Wildman–Crippen MR) is 63.5 cm³/mol. The second-order valence-corrected chi connectivity index (χ2v) is 5.82. The molecule has 0 aromatic rings. The van der Waals surface area contributed by atoms with Crippen molar-refractivity contribution in [2.75, 3.05) is 20.7 Å². The zero-order valence-corrected chi connectivity index (χ0v) is 10.3. The van der Waals surface area contributed by atoms with Crippen LogP contribution in [0.4, 0.5) is 0 Å². The van der Waals surface area contributed by atoms with Crippen LogP contribution in [0.1, 0.15) is 6.42 Å². The van der Waals surface area contributed by atoms with Gasteiger partial charge in [0, 0.05) is 31.9 Å². The SMILES string of the molecule is CN(C)C1=N[C@H]2[C@H](O)[C@@H](O)[C@H](CO)C[C@H]2S1. The van der Waals surface area contributed by atoms with Gasteiger partial charge in [-0.2, -0.15) is 0 Å². The van der Waals surface area contributed by atoms with Gasteiger partial charge in [0.2, 0.25) is 0 Å². The fourth-order valence-electron chi connectivity index (χ4n) is 2.25. The first-order valence-electron chi connectivity index (χ1n) is 5.43. The third-order valence-electron chi connectivity index (χ3n) is 3.23. The fraction of sp³-hybridized carbons (Fsp3) is 0.900. The van der Waals surface area contributed by atoms with Crippen molar-refractivity contribution in [3.05, 3.63) is 0 Å². The van der Waals surface area contributed by atoms with Crippen molar-refractivity contribution in [2.45, 2.75) is 29.9 Å². The number of hydrogen-bond donors (Lipinski definition) is 3. The molecule has 0 spiro atoms. The Bertz CT molecular complexity index is 298. The molecule has 0 aromatic heterocycles. The largest absolute Gasteiger partial charge is 0.396 e. The molecular formula is C10H18N2O3S. The lowest BCUT2D eigenvalue weighted by molar-refractivity contribution is -0.0646. The minimum Gasteiger partial charge on any atom is -0.396 e. The Hall–Kier alpha value is -0.300. The molecule has 0 unspecified atom stereocenters. The van der Waals surface area contributed by atoms with Crippen molar-refractivity contribution in [2.24, 2.45) is 10.9 Å². The van der Waals surface area contributed by atoms with Crippen LogP contribution in [0.2, 0.25) is 0 Å². The Kier molecular flexibility index (Phi) is 3.44. The van der Waals surface area contributed by atoms with Crippen molar-refractivity contribution < 1.29 is 15.3 Å². The normalized spacial score (nSPS) is 42.8. The Morgan fingerprint density at radius 1 is 1.38 bits per heavy atom. The maximum absolute atomic E-state index is 9.95. The summed E-state index contributed by atoms with van der Waals surface area (Å²) >= 11 is 1.62. The molecule has 0 radical (unpaired) electrons. The summed E-state index contributed by atoms with van der Waals surface area (Å²) in [6.07, 6.45) is -1.02. The van der Waals surface area contributed by atoms with Gasteiger partial charge in [-0.15, -0.1) is 0 Å². The van der Waals surface area contributed by atoms with Gasteiger partial charge in [-0.3, -0.25) is 4.99 Å². The molecule has 1 heterocycles. The molecule has 2 aliphatic rings. The highest BCUT2D eigenvalue weighted by molar-refractivity contribution is 8.14. The molecule has 1 fully saturated rings. The fourth-order valence-corrected chi connectivity index (χ4v) is 3.62. The molecule has 0 saturated heterocycles. The number of hydrogen-bond acceptors (Lipinski definition) is 6. The average Bonchev–Trinajstić information content (AvgIpc) is 2.67. The van der Waals surface area contributed by atoms with Gasteiger partial charge in [-0.05, 0) is 6.42 Å². The van der Waals surface area contributed by atoms with Crippen molar-refractivity contribution in [1.82, 2.24) is 4.90 Å². The molecule has 2 rings (SSSR count). The van der Waals surface area contributed by atoms with Crippen LogP contribution in [0.5, 0.6) is 0 Å². The van der Waals surface area contributed by atoms with Gasteiger partial charge < -0.3 is 20.2 Å². The highest BCUT2D eigenvalue weighted by Gasteiger charge is 2.46. The van der Waals surface area contributed by atoms with E-state index in [1.807, 2.05) is 19.0 Å². The summed E-state index contributed by atoms with van der Waals surface area (Å²) in [4.78, 5) is 6.34. The Morgan fingerprint density at radius 3 is 2.62 bits per heavy atom. The molecular weight excluding hydrogens is 228 g/mol. The zero-order valence-electron chi connectivity index (χ0n) is 9.45. The summed E-state index contributed by atoms with van der Waals surface area (Å²) < 4.78 is 0. The van der Waals surface area contributed by atoms with Crippen LogP contribution in [0.15, 0.2) is 4.99 Å². The van der Waals surface area contributed by atoms with E-state index in [0.29, 0.717) is 6.42 Å². The van der Waals surface area contributed by atoms with E-state index < -0.39 is 12.2 Å². The summed E-state index contributed by atoms with van der Waals surface area (Å²) in [7, 11) is 3.82. The Labute approximate surface area is 99.2 Å². The third kappa shape index (κ3) is 1.95. The number of aliphatic imine (C=N–C) groups is 1. The molecule has 92 valence electrons. The van der Waals surface area contributed by atoms with Crippen molar-refractivity contribution >= 4 is 16.9 Å². The van der Waals surface area contributed by atoms with Crippen LogP contribution in [0.25, 0.3) is 0 Å². The highest BCUT2D eigenvalue weighted by atomic mass is 32.2. The molecule has 0 bridgehead atoms. The van der Waals surface area contributed by atoms with Gasteiger partial charge in [-0.25, -0.2) is 0 Å². The lowest BCUT2D eigenvalue weighted by Gasteiger charge is -2.37. The number of rotatable bonds is 1. The molecule has 16 heavy (non-hydrogen) atoms. The van der Waals surface area contributed by atoms with Crippen molar-refractivity contribution in [3.8, 4) is 0 Å². The van der Waals surface area contributed by atoms with Crippen molar-refractivity contribution in [3.63, 3.8) is 0 Å². The topological polar surface area (TPSA) is 76.3 Å². The van der Waals surface area contributed by atoms with Gasteiger partial charge in [0.05, 0.1) is 12.1 Å². The zero-order chi connectivity index (χ0) is 11.9. The molecule has 6 heteroatoms. The first-order valence-corrected chi connectivity index (χ1v) is 6.31. The molecule has 1 aliphatic heterocycles. The molecule has 3 N–H and O–H groups in total. The molecule has 0 amide bonds. The molecule has 5 nitrogen and oxygen atoms in total. The number of fused-ring (bicyclic) bond motifs is 1. The average molecular weight is 246 g/mol. The summed E-state index contributed by atoms with van der Waals surface area (Å²) in [6.45, 7) is -0.0840. The highest BCUT2D eigenvalue weighted by Crippen LogP contribution is 2.40. The summed E-state index contributed by atoms with van der Waals surface area (Å²) in [5.74, 6) is -0.236. The van der Waals surface area contributed by atoms with E-state index in [9.17, 15) is 10.2 Å². The summed E-state index contributed by atoms with van der Waals surface area (Å²) in [5.41, 5.74) is 0. The van der Waals surface area contributed by atoms with E-state index in [2.05, 4.69) is 4.99 Å². The maximum Gasteiger partial charge on any atom is 0.159 e. The van der Waals surface area contributed by atoms with E-state index >= 15 is 0 Å². The van der Waals surface area contributed by atoms with Gasteiger partial charge in [0.25, 0.3) is 0 Å². The van der Waals surface area contributed by atoms with Crippen LogP contribution in [-0.4, -0.2) is 69.6 Å². The first kappa shape index (κ1) is 12.2. The molecule has 1 saturated carbocycles. The van der Waals surface area contributed by atoms with Crippen LogP contribution in [0.3, 0.4) is 0 Å². The first-order chi connectivity index (χ1) is 7.54. The molecule has 0 aromatic carbocycles. The van der Waals surface area contributed by atoms with Crippen LogP contribution >= 0.6 is 11.8 Å². The summed E-state index contributed by atoms with van der Waals surface area (Å²) in [6, 6.07) is -0.236. The van der Waals surface area contributed by atoms with Crippen LogP contribution in [0, 0.1) is 5.92 Å². The van der Waals surface area contributed by atoms with E-state index in [1.165, 1.54) is 0 Å². The van der Waals surface area contributed by atoms with Gasteiger partial charge >= 0.3 is 0 Å². The maximum atomic E-state index is 9.95. The van der Waals surface area contributed by atoms with Crippen LogP contribution < -0.4 is 0 Å². The third-order valence-corrected chi connectivity index (χ3v) is 4.69. The number of nitrogens with zero attached hydrogens (tertiary/aromatic N) is 2. The quantitative estimate of drug-likeness (QED) is 0.560. The second-order valence-electron chi connectivity index (χ2n) is 4.61. The van der Waals surface area contributed by atoms with Crippen LogP contribution in [-0.2, 0) is 0 Å². The van der Waals surface area contributed by atoms with Gasteiger partial charge in [-0.1, -0.05) is 11.8 Å². The van der Waals surface area contributed by atoms with E-state index in [0.717, 1.165) is 5.17 Å². The van der Waals surface area contributed by atoms with E-state index in [1.54, 1.807) is 11.8 Å².